The molecule has 0 aliphatic rings. The molecule has 0 radical (unpaired) electrons. The van der Waals surface area contributed by atoms with Gasteiger partial charge >= 0.3 is 5.97 Å². The van der Waals surface area contributed by atoms with Gasteiger partial charge in [-0.25, -0.2) is 0 Å². The number of aromatic hydroxyl groups is 1. The molecule has 1 rings (SSSR count). The first kappa shape index (κ1) is 9.58. The van der Waals surface area contributed by atoms with Crippen molar-refractivity contribution in [2.24, 2.45) is 5.92 Å². The Morgan fingerprint density at radius 2 is 2.00 bits per heavy atom. The van der Waals surface area contributed by atoms with Gasteiger partial charge in [-0.15, -0.1) is 0 Å². The summed E-state index contributed by atoms with van der Waals surface area (Å²) in [6, 6.07) is 6.39. The van der Waals surface area contributed by atoms with Crippen LogP contribution in [0.4, 0.5) is 0 Å². The highest BCUT2D eigenvalue weighted by atomic mass is 16.5. The van der Waals surface area contributed by atoms with Crippen LogP contribution in [-0.2, 0) is 4.79 Å². The van der Waals surface area contributed by atoms with Crippen LogP contribution in [0.2, 0.25) is 0 Å². The Labute approximate surface area is 77.0 Å². The molecule has 0 atom stereocenters. The Morgan fingerprint density at radius 1 is 1.38 bits per heavy atom. The fraction of sp³-hybridized carbons (Fsp3) is 0.300. The van der Waals surface area contributed by atoms with Crippen LogP contribution in [0.25, 0.3) is 0 Å². The summed E-state index contributed by atoms with van der Waals surface area (Å²) in [5.74, 6) is -0.348. The Bertz CT molecular complexity index is 305. The Morgan fingerprint density at radius 3 is 2.54 bits per heavy atom. The number of ether oxygens (including phenoxy) is 1. The molecule has 0 spiro atoms. The third kappa shape index (κ3) is 2.47. The number of phenols is 1. The first-order chi connectivity index (χ1) is 6.11. The summed E-state index contributed by atoms with van der Waals surface area (Å²) in [7, 11) is 0. The van der Waals surface area contributed by atoms with Gasteiger partial charge < -0.3 is 9.84 Å². The molecule has 0 unspecified atom stereocenters. The van der Waals surface area contributed by atoms with Crippen LogP contribution in [0, 0.1) is 5.92 Å². The average Bonchev–Trinajstić information content (AvgIpc) is 2.08. The standard InChI is InChI=1S/C10H12O3/c1-7(2)10(12)13-9-6-4-3-5-8(9)11/h3-7,11H,1-2H3. The van der Waals surface area contributed by atoms with Crippen LogP contribution in [0.15, 0.2) is 24.3 Å². The number of rotatable bonds is 2. The lowest BCUT2D eigenvalue weighted by Crippen LogP contribution is -2.14. The van der Waals surface area contributed by atoms with Gasteiger partial charge in [0, 0.05) is 0 Å². The second-order valence-electron chi connectivity index (χ2n) is 3.04. The topological polar surface area (TPSA) is 46.5 Å². The van der Waals surface area contributed by atoms with Crippen LogP contribution in [0.5, 0.6) is 11.5 Å². The van der Waals surface area contributed by atoms with Gasteiger partial charge in [-0.3, -0.25) is 4.79 Å². The lowest BCUT2D eigenvalue weighted by Gasteiger charge is -2.07. The number of phenolic OH excluding ortho intramolecular Hbond substituents is 1. The van der Waals surface area contributed by atoms with Crippen molar-refractivity contribution in [1.82, 2.24) is 0 Å². The molecule has 1 aromatic carbocycles. The van der Waals surface area contributed by atoms with Crippen LogP contribution in [-0.4, -0.2) is 11.1 Å². The minimum atomic E-state index is -0.346. The second-order valence-corrected chi connectivity index (χ2v) is 3.04. The fourth-order valence-corrected chi connectivity index (χ4v) is 0.770. The zero-order chi connectivity index (χ0) is 9.84. The zero-order valence-corrected chi connectivity index (χ0v) is 7.65. The number of carbonyl (C=O) groups is 1. The molecule has 0 saturated carbocycles. The monoisotopic (exact) mass is 180 g/mol. The maximum Gasteiger partial charge on any atom is 0.313 e. The Kier molecular flexibility index (Phi) is 2.90. The Balaban J connectivity index is 2.75. The fourth-order valence-electron chi connectivity index (χ4n) is 0.770. The van der Waals surface area contributed by atoms with Gasteiger partial charge in [-0.2, -0.15) is 0 Å². The van der Waals surface area contributed by atoms with E-state index < -0.39 is 0 Å². The van der Waals surface area contributed by atoms with Gasteiger partial charge in [0.15, 0.2) is 11.5 Å². The van der Waals surface area contributed by atoms with E-state index in [-0.39, 0.29) is 23.4 Å². The van der Waals surface area contributed by atoms with E-state index in [4.69, 9.17) is 4.74 Å². The molecule has 1 N–H and O–H groups in total. The summed E-state index contributed by atoms with van der Waals surface area (Å²) in [5.41, 5.74) is 0. The zero-order valence-electron chi connectivity index (χ0n) is 7.65. The highest BCUT2D eigenvalue weighted by Crippen LogP contribution is 2.24. The molecule has 0 heterocycles. The molecule has 0 aliphatic heterocycles. The van der Waals surface area contributed by atoms with E-state index in [9.17, 15) is 9.90 Å². The van der Waals surface area contributed by atoms with E-state index in [2.05, 4.69) is 0 Å². The molecule has 0 aliphatic carbocycles. The van der Waals surface area contributed by atoms with Crippen LogP contribution in [0.3, 0.4) is 0 Å². The summed E-state index contributed by atoms with van der Waals surface area (Å²) in [4.78, 5) is 11.1. The number of carbonyl (C=O) groups excluding carboxylic acids is 1. The summed E-state index contributed by atoms with van der Waals surface area (Å²) in [5, 5.41) is 9.26. The van der Waals surface area contributed by atoms with Crippen molar-refractivity contribution in [3.63, 3.8) is 0 Å². The number of benzene rings is 1. The van der Waals surface area contributed by atoms with E-state index in [1.54, 1.807) is 32.0 Å². The van der Waals surface area contributed by atoms with Gasteiger partial charge in [0.2, 0.25) is 0 Å². The van der Waals surface area contributed by atoms with Gasteiger partial charge in [0.05, 0.1) is 5.92 Å². The van der Waals surface area contributed by atoms with E-state index >= 15 is 0 Å². The molecule has 3 nitrogen and oxygen atoms in total. The lowest BCUT2D eigenvalue weighted by atomic mass is 10.2. The average molecular weight is 180 g/mol. The summed E-state index contributed by atoms with van der Waals surface area (Å²) in [6.07, 6.45) is 0. The number of esters is 1. The summed E-state index contributed by atoms with van der Waals surface area (Å²) >= 11 is 0. The van der Waals surface area contributed by atoms with E-state index in [0.29, 0.717) is 0 Å². The maximum atomic E-state index is 11.1. The van der Waals surface area contributed by atoms with Crippen molar-refractivity contribution >= 4 is 5.97 Å². The summed E-state index contributed by atoms with van der Waals surface area (Å²) < 4.78 is 4.92. The first-order valence-corrected chi connectivity index (χ1v) is 4.11. The van der Waals surface area contributed by atoms with E-state index in [0.717, 1.165) is 0 Å². The molecule has 13 heavy (non-hydrogen) atoms. The molecular formula is C10H12O3. The SMILES string of the molecule is CC(C)C(=O)Oc1ccccc1O. The maximum absolute atomic E-state index is 11.1. The van der Waals surface area contributed by atoms with Crippen LogP contribution < -0.4 is 4.74 Å². The largest absolute Gasteiger partial charge is 0.504 e. The van der Waals surface area contributed by atoms with Gasteiger partial charge in [0.25, 0.3) is 0 Å². The molecule has 0 aromatic heterocycles. The van der Waals surface area contributed by atoms with Crippen molar-refractivity contribution in [1.29, 1.82) is 0 Å². The predicted molar refractivity (Wildman–Crippen MR) is 48.6 cm³/mol. The lowest BCUT2D eigenvalue weighted by molar-refractivity contribution is -0.137. The summed E-state index contributed by atoms with van der Waals surface area (Å²) in [6.45, 7) is 3.48. The number of hydrogen-bond acceptors (Lipinski definition) is 3. The molecule has 0 fully saturated rings. The van der Waals surface area contributed by atoms with Crippen molar-refractivity contribution in [3.8, 4) is 11.5 Å². The molecule has 0 saturated heterocycles. The van der Waals surface area contributed by atoms with Crippen LogP contribution in [0.1, 0.15) is 13.8 Å². The Hall–Kier alpha value is -1.51. The second kappa shape index (κ2) is 3.94. The highest BCUT2D eigenvalue weighted by molar-refractivity contribution is 5.75. The molecule has 1 aromatic rings. The molecule has 70 valence electrons. The van der Waals surface area contributed by atoms with E-state index in [1.807, 2.05) is 0 Å². The van der Waals surface area contributed by atoms with Crippen molar-refractivity contribution in [2.45, 2.75) is 13.8 Å². The van der Waals surface area contributed by atoms with Gasteiger partial charge in [-0.1, -0.05) is 26.0 Å². The van der Waals surface area contributed by atoms with Crippen molar-refractivity contribution in [2.75, 3.05) is 0 Å². The van der Waals surface area contributed by atoms with Gasteiger partial charge in [-0.05, 0) is 12.1 Å². The first-order valence-electron chi connectivity index (χ1n) is 4.11. The smallest absolute Gasteiger partial charge is 0.313 e. The van der Waals surface area contributed by atoms with Crippen LogP contribution >= 0.6 is 0 Å². The molecule has 3 heteroatoms. The van der Waals surface area contributed by atoms with Crippen molar-refractivity contribution < 1.29 is 14.6 Å². The van der Waals surface area contributed by atoms with E-state index in [1.165, 1.54) is 6.07 Å². The predicted octanol–water partition coefficient (Wildman–Crippen LogP) is 1.95. The normalized spacial score (nSPS) is 10.1. The molecule has 0 amide bonds. The molecule has 0 bridgehead atoms. The molecular weight excluding hydrogens is 168 g/mol. The minimum Gasteiger partial charge on any atom is -0.504 e. The van der Waals surface area contributed by atoms with Crippen molar-refractivity contribution in [3.05, 3.63) is 24.3 Å². The quantitative estimate of drug-likeness (QED) is 0.559. The highest BCUT2D eigenvalue weighted by Gasteiger charge is 2.11. The van der Waals surface area contributed by atoms with Gasteiger partial charge in [0.1, 0.15) is 0 Å². The third-order valence-corrected chi connectivity index (χ3v) is 1.55. The third-order valence-electron chi connectivity index (χ3n) is 1.55. The minimum absolute atomic E-state index is 0.0171. The number of hydrogen-bond donors (Lipinski definition) is 1. The number of para-hydroxylation sites is 2.